The normalized spacial score (nSPS) is 12.1. The molecule has 19 heavy (non-hydrogen) atoms. The minimum atomic E-state index is -4.08. The van der Waals surface area contributed by atoms with Crippen LogP contribution in [0.2, 0.25) is 5.02 Å². The molecule has 3 N–H and O–H groups in total. The van der Waals surface area contributed by atoms with Gasteiger partial charge in [-0.05, 0) is 38.1 Å². The Morgan fingerprint density at radius 2 is 1.89 bits per heavy atom. The molecule has 1 unspecified atom stereocenters. The largest absolute Gasteiger partial charge is 0.465 e. The van der Waals surface area contributed by atoms with Crippen LogP contribution in [0.25, 0.3) is 0 Å². The lowest BCUT2D eigenvalue weighted by molar-refractivity contribution is -0.144. The van der Waals surface area contributed by atoms with Gasteiger partial charge in [0.25, 0.3) is 10.1 Å². The van der Waals surface area contributed by atoms with Gasteiger partial charge in [-0.25, -0.2) is 0 Å². The Balaban J connectivity index is 0.000000362. The summed E-state index contributed by atoms with van der Waals surface area (Å²) in [6.07, 6.45) is 0. The van der Waals surface area contributed by atoms with Crippen LogP contribution < -0.4 is 5.73 Å². The van der Waals surface area contributed by atoms with E-state index in [0.29, 0.717) is 11.6 Å². The topological polar surface area (TPSA) is 107 Å². The van der Waals surface area contributed by atoms with E-state index in [4.69, 9.17) is 21.9 Å². The lowest BCUT2D eigenvalue weighted by Gasteiger charge is -2.02. The van der Waals surface area contributed by atoms with E-state index < -0.39 is 16.2 Å². The maximum absolute atomic E-state index is 10.5. The van der Waals surface area contributed by atoms with Crippen molar-refractivity contribution >= 4 is 27.7 Å². The second kappa shape index (κ2) is 8.11. The lowest BCUT2D eigenvalue weighted by Crippen LogP contribution is -2.28. The molecule has 1 rings (SSSR count). The molecule has 8 heteroatoms. The molecule has 0 aromatic heterocycles. The molecule has 1 aromatic rings. The fourth-order valence-corrected chi connectivity index (χ4v) is 1.49. The van der Waals surface area contributed by atoms with Crippen molar-refractivity contribution < 1.29 is 22.5 Å². The predicted molar refractivity (Wildman–Crippen MR) is 71.5 cm³/mol. The Hall–Kier alpha value is -1.15. The Bertz CT molecular complexity index is 498. The van der Waals surface area contributed by atoms with Gasteiger partial charge >= 0.3 is 5.97 Å². The average molecular weight is 310 g/mol. The van der Waals surface area contributed by atoms with Gasteiger partial charge in [-0.1, -0.05) is 11.6 Å². The summed E-state index contributed by atoms with van der Waals surface area (Å²) in [5.41, 5.74) is 5.15. The summed E-state index contributed by atoms with van der Waals surface area (Å²) in [6.45, 7) is 3.75. The molecule has 0 fully saturated rings. The Kier molecular flexibility index (Phi) is 7.62. The van der Waals surface area contributed by atoms with Gasteiger partial charge in [0.05, 0.1) is 11.5 Å². The molecule has 0 heterocycles. The molecular weight excluding hydrogens is 294 g/mol. The second-order valence-electron chi connectivity index (χ2n) is 3.47. The molecule has 1 atom stereocenters. The molecule has 0 amide bonds. The number of hydrogen-bond donors (Lipinski definition) is 2. The molecule has 0 saturated carbocycles. The molecule has 0 bridgehead atoms. The van der Waals surface area contributed by atoms with E-state index in [-0.39, 0.29) is 10.9 Å². The molecule has 0 aliphatic rings. The summed E-state index contributed by atoms with van der Waals surface area (Å²) in [7, 11) is -4.08. The summed E-state index contributed by atoms with van der Waals surface area (Å²) < 4.78 is 34.0. The van der Waals surface area contributed by atoms with Crippen molar-refractivity contribution in [1.29, 1.82) is 0 Å². The third kappa shape index (κ3) is 7.78. The highest BCUT2D eigenvalue weighted by Crippen LogP contribution is 2.12. The van der Waals surface area contributed by atoms with Crippen LogP contribution in [-0.4, -0.2) is 31.6 Å². The average Bonchev–Trinajstić information content (AvgIpc) is 2.29. The number of halogens is 1. The van der Waals surface area contributed by atoms with Crippen molar-refractivity contribution in [2.75, 3.05) is 6.61 Å². The maximum atomic E-state index is 10.5. The van der Waals surface area contributed by atoms with E-state index in [0.717, 1.165) is 0 Å². The molecule has 6 nitrogen and oxygen atoms in total. The van der Waals surface area contributed by atoms with Crippen LogP contribution in [0.1, 0.15) is 13.8 Å². The van der Waals surface area contributed by atoms with Crippen LogP contribution >= 0.6 is 11.6 Å². The first-order chi connectivity index (χ1) is 8.68. The minimum Gasteiger partial charge on any atom is -0.465 e. The number of rotatable bonds is 3. The molecule has 0 aliphatic carbocycles. The SMILES string of the molecule is CCOC(=O)C(C)N.O=S(=O)(O)c1ccc(Cl)cc1. The Labute approximate surface area is 117 Å². The van der Waals surface area contributed by atoms with Crippen molar-refractivity contribution in [1.82, 2.24) is 0 Å². The van der Waals surface area contributed by atoms with Crippen molar-refractivity contribution in [3.63, 3.8) is 0 Å². The standard InChI is InChI=1S/C6H5ClO3S.C5H11NO2/c7-5-1-3-6(4-2-5)11(8,9)10;1-3-8-5(7)4(2)6/h1-4H,(H,8,9,10);4H,3,6H2,1-2H3. The first kappa shape index (κ1) is 17.8. The molecule has 0 aliphatic heterocycles. The van der Waals surface area contributed by atoms with Crippen LogP contribution in [-0.2, 0) is 19.6 Å². The first-order valence-electron chi connectivity index (χ1n) is 5.33. The summed E-state index contributed by atoms with van der Waals surface area (Å²) in [5, 5.41) is 0.428. The monoisotopic (exact) mass is 309 g/mol. The Morgan fingerprint density at radius 1 is 1.42 bits per heavy atom. The lowest BCUT2D eigenvalue weighted by atomic mass is 10.4. The van der Waals surface area contributed by atoms with Gasteiger partial charge in [-0.3, -0.25) is 9.35 Å². The van der Waals surface area contributed by atoms with E-state index in [1.807, 2.05) is 0 Å². The smallest absolute Gasteiger partial charge is 0.322 e. The molecule has 0 saturated heterocycles. The first-order valence-corrected chi connectivity index (χ1v) is 7.15. The number of benzene rings is 1. The van der Waals surface area contributed by atoms with E-state index in [1.165, 1.54) is 24.3 Å². The number of hydrogen-bond acceptors (Lipinski definition) is 5. The third-order valence-corrected chi connectivity index (χ3v) is 2.89. The van der Waals surface area contributed by atoms with E-state index in [1.54, 1.807) is 13.8 Å². The molecule has 108 valence electrons. The predicted octanol–water partition coefficient (Wildman–Crippen LogP) is 1.48. The van der Waals surface area contributed by atoms with Gasteiger partial charge in [0, 0.05) is 5.02 Å². The quantitative estimate of drug-likeness (QED) is 0.647. The van der Waals surface area contributed by atoms with Gasteiger partial charge in [0.2, 0.25) is 0 Å². The zero-order chi connectivity index (χ0) is 15.1. The van der Waals surface area contributed by atoms with E-state index in [9.17, 15) is 13.2 Å². The Morgan fingerprint density at radius 3 is 2.16 bits per heavy atom. The highest BCUT2D eigenvalue weighted by atomic mass is 35.5. The van der Waals surface area contributed by atoms with Crippen LogP contribution in [0, 0.1) is 0 Å². The second-order valence-corrected chi connectivity index (χ2v) is 5.33. The summed E-state index contributed by atoms with van der Waals surface area (Å²) in [5.74, 6) is -0.340. The summed E-state index contributed by atoms with van der Waals surface area (Å²) >= 11 is 5.49. The molecule has 0 radical (unpaired) electrons. The van der Waals surface area contributed by atoms with Crippen molar-refractivity contribution in [3.8, 4) is 0 Å². The molecule has 0 spiro atoms. The van der Waals surface area contributed by atoms with E-state index >= 15 is 0 Å². The third-order valence-electron chi connectivity index (χ3n) is 1.77. The number of ether oxygens (including phenoxy) is 1. The zero-order valence-electron chi connectivity index (χ0n) is 10.5. The fourth-order valence-electron chi connectivity index (χ4n) is 0.880. The van der Waals surface area contributed by atoms with Gasteiger partial charge in [-0.15, -0.1) is 0 Å². The van der Waals surface area contributed by atoms with Crippen molar-refractivity contribution in [2.24, 2.45) is 5.73 Å². The molecular formula is C11H16ClNO5S. The maximum Gasteiger partial charge on any atom is 0.322 e. The van der Waals surface area contributed by atoms with Crippen LogP contribution in [0.4, 0.5) is 0 Å². The number of esters is 1. The highest BCUT2D eigenvalue weighted by Gasteiger charge is 2.07. The van der Waals surface area contributed by atoms with Gasteiger partial charge < -0.3 is 10.5 Å². The zero-order valence-corrected chi connectivity index (χ0v) is 12.1. The van der Waals surface area contributed by atoms with Crippen molar-refractivity contribution in [3.05, 3.63) is 29.3 Å². The number of nitrogens with two attached hydrogens (primary N) is 1. The summed E-state index contributed by atoms with van der Waals surface area (Å²) in [4.78, 5) is 10.2. The van der Waals surface area contributed by atoms with Crippen molar-refractivity contribution in [2.45, 2.75) is 24.8 Å². The van der Waals surface area contributed by atoms with Crippen LogP contribution in [0.15, 0.2) is 29.2 Å². The minimum absolute atomic E-state index is 0.151. The summed E-state index contributed by atoms with van der Waals surface area (Å²) in [6, 6.07) is 4.76. The van der Waals surface area contributed by atoms with Gasteiger partial charge in [0.1, 0.15) is 6.04 Å². The van der Waals surface area contributed by atoms with E-state index in [2.05, 4.69) is 4.74 Å². The van der Waals surface area contributed by atoms with Gasteiger partial charge in [-0.2, -0.15) is 8.42 Å². The van der Waals surface area contributed by atoms with Crippen LogP contribution in [0.3, 0.4) is 0 Å². The highest BCUT2D eigenvalue weighted by molar-refractivity contribution is 7.85. The van der Waals surface area contributed by atoms with Gasteiger partial charge in [0.15, 0.2) is 0 Å². The molecule has 1 aromatic carbocycles. The number of carbonyl (C=O) groups is 1. The van der Waals surface area contributed by atoms with Crippen LogP contribution in [0.5, 0.6) is 0 Å². The fraction of sp³-hybridized carbons (Fsp3) is 0.364. The number of carbonyl (C=O) groups excluding carboxylic acids is 1.